The third kappa shape index (κ3) is 4.39. The molecule has 0 aromatic heterocycles. The predicted octanol–water partition coefficient (Wildman–Crippen LogP) is 3.24. The molecule has 126 valence electrons. The van der Waals surface area contributed by atoms with Crippen LogP contribution >= 0.6 is 11.6 Å². The van der Waals surface area contributed by atoms with Crippen LogP contribution in [0.2, 0.25) is 5.02 Å². The molecule has 24 heavy (non-hydrogen) atoms. The summed E-state index contributed by atoms with van der Waals surface area (Å²) in [6.45, 7) is 1.43. The van der Waals surface area contributed by atoms with Gasteiger partial charge in [-0.25, -0.2) is 4.79 Å². The van der Waals surface area contributed by atoms with Crippen molar-refractivity contribution in [2.24, 2.45) is 0 Å². The Morgan fingerprint density at radius 3 is 2.62 bits per heavy atom. The zero-order valence-electron chi connectivity index (χ0n) is 13.1. The van der Waals surface area contributed by atoms with Crippen LogP contribution in [0.1, 0.15) is 17.3 Å². The van der Waals surface area contributed by atoms with Gasteiger partial charge in [0.25, 0.3) is 5.91 Å². The molecule has 1 atom stereocenters. The first-order valence-corrected chi connectivity index (χ1v) is 7.43. The lowest BCUT2D eigenvalue weighted by molar-refractivity contribution is -0.123. The Bertz CT molecular complexity index is 762. The SMILES string of the molecule is COc1cccc(NC(=O)[C@H](C)OC(=O)c2ccc(Cl)cc2O)c1. The molecule has 0 aliphatic carbocycles. The maximum atomic E-state index is 12.1. The minimum atomic E-state index is -1.06. The van der Waals surface area contributed by atoms with Gasteiger partial charge in [0.15, 0.2) is 6.10 Å². The summed E-state index contributed by atoms with van der Waals surface area (Å²) in [5, 5.41) is 12.6. The van der Waals surface area contributed by atoms with Crippen LogP contribution in [-0.2, 0) is 9.53 Å². The highest BCUT2D eigenvalue weighted by Crippen LogP contribution is 2.23. The summed E-state index contributed by atoms with van der Waals surface area (Å²) in [5.74, 6) is -1.06. The Hall–Kier alpha value is -2.73. The maximum Gasteiger partial charge on any atom is 0.342 e. The fraction of sp³-hybridized carbons (Fsp3) is 0.176. The first kappa shape index (κ1) is 17.6. The molecule has 0 saturated heterocycles. The summed E-state index contributed by atoms with van der Waals surface area (Å²) in [4.78, 5) is 24.1. The number of phenolic OH excluding ortho intramolecular Hbond substituents is 1. The van der Waals surface area contributed by atoms with Crippen LogP contribution in [0.3, 0.4) is 0 Å². The summed E-state index contributed by atoms with van der Waals surface area (Å²) in [7, 11) is 1.52. The number of rotatable bonds is 5. The van der Waals surface area contributed by atoms with Crippen LogP contribution in [0.4, 0.5) is 5.69 Å². The first-order valence-electron chi connectivity index (χ1n) is 7.05. The van der Waals surface area contributed by atoms with E-state index < -0.39 is 18.0 Å². The number of carbonyl (C=O) groups excluding carboxylic acids is 2. The molecule has 0 heterocycles. The smallest absolute Gasteiger partial charge is 0.342 e. The van der Waals surface area contributed by atoms with Gasteiger partial charge in [0.05, 0.1) is 7.11 Å². The number of hydrogen-bond donors (Lipinski definition) is 2. The molecule has 0 aliphatic heterocycles. The Morgan fingerprint density at radius 2 is 1.96 bits per heavy atom. The highest BCUT2D eigenvalue weighted by molar-refractivity contribution is 6.30. The van der Waals surface area contributed by atoms with Crippen molar-refractivity contribution >= 4 is 29.2 Å². The molecule has 0 radical (unpaired) electrons. The Morgan fingerprint density at radius 1 is 1.21 bits per heavy atom. The third-order valence-electron chi connectivity index (χ3n) is 3.17. The number of esters is 1. The van der Waals surface area contributed by atoms with Crippen molar-refractivity contribution in [2.45, 2.75) is 13.0 Å². The zero-order chi connectivity index (χ0) is 17.7. The molecule has 2 rings (SSSR count). The molecule has 0 unspecified atom stereocenters. The predicted molar refractivity (Wildman–Crippen MR) is 89.6 cm³/mol. The number of ether oxygens (including phenoxy) is 2. The van der Waals surface area contributed by atoms with E-state index in [0.717, 1.165) is 0 Å². The molecule has 2 N–H and O–H groups in total. The van der Waals surface area contributed by atoms with Gasteiger partial charge in [-0.15, -0.1) is 0 Å². The summed E-state index contributed by atoms with van der Waals surface area (Å²) in [6.07, 6.45) is -1.06. The second-order valence-electron chi connectivity index (χ2n) is 4.93. The Balaban J connectivity index is 2.01. The molecule has 2 aromatic rings. The van der Waals surface area contributed by atoms with Crippen LogP contribution in [-0.4, -0.2) is 30.2 Å². The average Bonchev–Trinajstić information content (AvgIpc) is 2.54. The number of methoxy groups -OCH3 is 1. The number of phenols is 1. The molecule has 6 nitrogen and oxygen atoms in total. The van der Waals surface area contributed by atoms with E-state index in [4.69, 9.17) is 21.1 Å². The molecule has 2 aromatic carbocycles. The average molecular weight is 350 g/mol. The number of benzene rings is 2. The van der Waals surface area contributed by atoms with E-state index >= 15 is 0 Å². The van der Waals surface area contributed by atoms with Gasteiger partial charge in [0.1, 0.15) is 17.1 Å². The minimum absolute atomic E-state index is 0.0690. The fourth-order valence-corrected chi connectivity index (χ4v) is 2.07. The number of halogens is 1. The molecule has 0 fully saturated rings. The molecule has 7 heteroatoms. The number of hydrogen-bond acceptors (Lipinski definition) is 5. The minimum Gasteiger partial charge on any atom is -0.507 e. The lowest BCUT2D eigenvalue weighted by atomic mass is 10.2. The lowest BCUT2D eigenvalue weighted by Gasteiger charge is -2.14. The number of nitrogens with one attached hydrogen (secondary N) is 1. The molecule has 0 saturated carbocycles. The fourth-order valence-electron chi connectivity index (χ4n) is 1.90. The summed E-state index contributed by atoms with van der Waals surface area (Å²) < 4.78 is 10.1. The highest BCUT2D eigenvalue weighted by Gasteiger charge is 2.21. The van der Waals surface area contributed by atoms with Gasteiger partial charge < -0.3 is 19.9 Å². The topological polar surface area (TPSA) is 84.9 Å². The molecule has 0 aliphatic rings. The van der Waals surface area contributed by atoms with Gasteiger partial charge in [-0.2, -0.15) is 0 Å². The second-order valence-corrected chi connectivity index (χ2v) is 5.37. The van der Waals surface area contributed by atoms with Crippen LogP contribution in [0.15, 0.2) is 42.5 Å². The van der Waals surface area contributed by atoms with Crippen molar-refractivity contribution in [1.29, 1.82) is 0 Å². The first-order chi connectivity index (χ1) is 11.4. The Labute approximate surface area is 144 Å². The van der Waals surface area contributed by atoms with Crippen molar-refractivity contribution in [3.05, 3.63) is 53.1 Å². The van der Waals surface area contributed by atoms with Gasteiger partial charge in [0, 0.05) is 16.8 Å². The summed E-state index contributed by atoms with van der Waals surface area (Å²) in [6, 6.07) is 10.8. The standard InChI is InChI=1S/C17H16ClNO5/c1-10(16(21)19-12-4-3-5-13(9-12)23-2)24-17(22)14-7-6-11(18)8-15(14)20/h3-10,20H,1-2H3,(H,19,21)/t10-/m0/s1. The van der Waals surface area contributed by atoms with E-state index in [1.54, 1.807) is 24.3 Å². The van der Waals surface area contributed by atoms with Crippen LogP contribution in [0.5, 0.6) is 11.5 Å². The van der Waals surface area contributed by atoms with E-state index in [1.807, 2.05) is 0 Å². The molecule has 1 amide bonds. The third-order valence-corrected chi connectivity index (χ3v) is 3.41. The number of carbonyl (C=O) groups is 2. The quantitative estimate of drug-likeness (QED) is 0.809. The van der Waals surface area contributed by atoms with Crippen molar-refractivity contribution in [3.8, 4) is 11.5 Å². The summed E-state index contributed by atoms with van der Waals surface area (Å²) >= 11 is 5.71. The van der Waals surface area contributed by atoms with Gasteiger partial charge in [-0.3, -0.25) is 4.79 Å². The monoisotopic (exact) mass is 349 g/mol. The van der Waals surface area contributed by atoms with Crippen LogP contribution in [0, 0.1) is 0 Å². The molecule has 0 spiro atoms. The number of aromatic hydroxyl groups is 1. The molecule has 0 bridgehead atoms. The second kappa shape index (κ2) is 7.70. The van der Waals surface area contributed by atoms with E-state index in [2.05, 4.69) is 5.32 Å². The van der Waals surface area contributed by atoms with Gasteiger partial charge in [-0.1, -0.05) is 17.7 Å². The maximum absolute atomic E-state index is 12.1. The molecular formula is C17H16ClNO5. The van der Waals surface area contributed by atoms with Crippen molar-refractivity contribution < 1.29 is 24.2 Å². The largest absolute Gasteiger partial charge is 0.507 e. The van der Waals surface area contributed by atoms with E-state index in [-0.39, 0.29) is 16.3 Å². The normalized spacial score (nSPS) is 11.5. The zero-order valence-corrected chi connectivity index (χ0v) is 13.8. The van der Waals surface area contributed by atoms with Crippen LogP contribution < -0.4 is 10.1 Å². The molecular weight excluding hydrogens is 334 g/mol. The van der Waals surface area contributed by atoms with E-state index in [0.29, 0.717) is 11.4 Å². The summed E-state index contributed by atoms with van der Waals surface area (Å²) in [5.41, 5.74) is 0.442. The highest BCUT2D eigenvalue weighted by atomic mass is 35.5. The van der Waals surface area contributed by atoms with E-state index in [1.165, 1.54) is 32.2 Å². The van der Waals surface area contributed by atoms with Crippen molar-refractivity contribution in [2.75, 3.05) is 12.4 Å². The Kier molecular flexibility index (Phi) is 5.65. The van der Waals surface area contributed by atoms with Gasteiger partial charge in [-0.05, 0) is 37.3 Å². The van der Waals surface area contributed by atoms with Gasteiger partial charge >= 0.3 is 5.97 Å². The van der Waals surface area contributed by atoms with Crippen LogP contribution in [0.25, 0.3) is 0 Å². The number of anilines is 1. The van der Waals surface area contributed by atoms with Gasteiger partial charge in [0.2, 0.25) is 0 Å². The number of amides is 1. The van der Waals surface area contributed by atoms with Crippen molar-refractivity contribution in [3.63, 3.8) is 0 Å². The van der Waals surface area contributed by atoms with Crippen molar-refractivity contribution in [1.82, 2.24) is 0 Å². The van der Waals surface area contributed by atoms with E-state index in [9.17, 15) is 14.7 Å². The lowest BCUT2D eigenvalue weighted by Crippen LogP contribution is -2.30.